The van der Waals surface area contributed by atoms with Gasteiger partial charge in [0.2, 0.25) is 0 Å². The Bertz CT molecular complexity index is 813. The molecule has 0 aliphatic carbocycles. The molecule has 1 aliphatic heterocycles. The minimum Gasteiger partial charge on any atom is -0.321 e. The van der Waals surface area contributed by atoms with Crippen LogP contribution in [0.4, 0.5) is 9.93 Å². The van der Waals surface area contributed by atoms with E-state index in [4.69, 9.17) is 0 Å². The number of amides is 2. The first-order valence-electron chi connectivity index (χ1n) is 8.27. The van der Waals surface area contributed by atoms with E-state index in [2.05, 4.69) is 34.6 Å². The van der Waals surface area contributed by atoms with E-state index in [1.807, 2.05) is 35.2 Å². The molecule has 1 aromatic heterocycles. The van der Waals surface area contributed by atoms with E-state index >= 15 is 0 Å². The first kappa shape index (κ1) is 15.1. The Morgan fingerprint density at radius 3 is 2.79 bits per heavy atom. The maximum atomic E-state index is 12.7. The van der Waals surface area contributed by atoms with Crippen LogP contribution in [0.15, 0.2) is 54.6 Å². The number of para-hydroxylation sites is 1. The fourth-order valence-electron chi connectivity index (χ4n) is 3.29. The largest absolute Gasteiger partial charge is 0.323 e. The van der Waals surface area contributed by atoms with E-state index in [0.717, 1.165) is 36.0 Å². The number of fused-ring (bicyclic) bond motifs is 1. The van der Waals surface area contributed by atoms with Crippen LogP contribution in [-0.4, -0.2) is 28.5 Å². The van der Waals surface area contributed by atoms with Gasteiger partial charge in [-0.3, -0.25) is 5.32 Å². The number of urea groups is 1. The Morgan fingerprint density at radius 1 is 1.17 bits per heavy atom. The summed E-state index contributed by atoms with van der Waals surface area (Å²) in [7, 11) is 0. The van der Waals surface area contributed by atoms with Crippen LogP contribution in [0, 0.1) is 0 Å². The predicted molar refractivity (Wildman–Crippen MR) is 98.5 cm³/mol. The number of benzene rings is 2. The summed E-state index contributed by atoms with van der Waals surface area (Å²) in [5.74, 6) is 0. The number of thiazole rings is 1. The molecule has 3 aromatic rings. The molecule has 1 aliphatic rings. The minimum atomic E-state index is -0.0347. The molecule has 1 N–H and O–H groups in total. The maximum absolute atomic E-state index is 12.7. The van der Waals surface area contributed by atoms with Crippen LogP contribution in [0.25, 0.3) is 10.2 Å². The topological polar surface area (TPSA) is 45.2 Å². The van der Waals surface area contributed by atoms with Gasteiger partial charge < -0.3 is 4.90 Å². The van der Waals surface area contributed by atoms with E-state index in [9.17, 15) is 4.79 Å². The number of nitrogens with zero attached hydrogens (tertiary/aromatic N) is 2. The van der Waals surface area contributed by atoms with Crippen molar-refractivity contribution in [2.45, 2.75) is 25.3 Å². The molecule has 1 fully saturated rings. The van der Waals surface area contributed by atoms with Crippen molar-refractivity contribution in [1.29, 1.82) is 0 Å². The summed E-state index contributed by atoms with van der Waals surface area (Å²) in [4.78, 5) is 19.1. The van der Waals surface area contributed by atoms with Crippen molar-refractivity contribution in [3.8, 4) is 0 Å². The maximum Gasteiger partial charge on any atom is 0.323 e. The molecule has 4 rings (SSSR count). The first-order chi connectivity index (χ1) is 11.8. The van der Waals surface area contributed by atoms with Gasteiger partial charge in [-0.1, -0.05) is 53.8 Å². The fraction of sp³-hybridized carbons (Fsp3) is 0.263. The second-order valence-corrected chi connectivity index (χ2v) is 7.13. The zero-order valence-electron chi connectivity index (χ0n) is 13.3. The number of rotatable bonds is 3. The number of hydrogen-bond acceptors (Lipinski definition) is 3. The monoisotopic (exact) mass is 337 g/mol. The Kier molecular flexibility index (Phi) is 4.17. The number of carbonyl (C=O) groups excluding carboxylic acids is 1. The zero-order chi connectivity index (χ0) is 16.4. The lowest BCUT2D eigenvalue weighted by Gasteiger charge is -2.24. The summed E-state index contributed by atoms with van der Waals surface area (Å²) in [5, 5.41) is 3.66. The van der Waals surface area contributed by atoms with Crippen molar-refractivity contribution < 1.29 is 4.79 Å². The molecule has 0 saturated carbocycles. The minimum absolute atomic E-state index is 0.0347. The van der Waals surface area contributed by atoms with Gasteiger partial charge in [-0.05, 0) is 37.0 Å². The Labute approximate surface area is 145 Å². The molecule has 0 radical (unpaired) electrons. The second-order valence-electron chi connectivity index (χ2n) is 6.10. The van der Waals surface area contributed by atoms with Crippen LogP contribution in [-0.2, 0) is 6.42 Å². The van der Waals surface area contributed by atoms with Crippen molar-refractivity contribution in [3.05, 3.63) is 60.2 Å². The first-order valence-corrected chi connectivity index (χ1v) is 9.08. The van der Waals surface area contributed by atoms with Crippen LogP contribution in [0.1, 0.15) is 18.4 Å². The molecular formula is C19H19N3OS. The Morgan fingerprint density at radius 2 is 1.96 bits per heavy atom. The fourth-order valence-corrected chi connectivity index (χ4v) is 4.15. The molecule has 122 valence electrons. The van der Waals surface area contributed by atoms with Gasteiger partial charge in [0.15, 0.2) is 5.13 Å². The van der Waals surface area contributed by atoms with Crippen LogP contribution in [0.3, 0.4) is 0 Å². The highest BCUT2D eigenvalue weighted by atomic mass is 32.1. The van der Waals surface area contributed by atoms with E-state index in [-0.39, 0.29) is 12.1 Å². The van der Waals surface area contributed by atoms with Gasteiger partial charge in [0.05, 0.1) is 10.2 Å². The molecule has 5 heteroatoms. The van der Waals surface area contributed by atoms with Crippen molar-refractivity contribution >= 4 is 32.7 Å². The molecule has 1 atom stereocenters. The van der Waals surface area contributed by atoms with Crippen LogP contribution >= 0.6 is 11.3 Å². The summed E-state index contributed by atoms with van der Waals surface area (Å²) in [6.07, 6.45) is 3.03. The van der Waals surface area contributed by atoms with Gasteiger partial charge in [-0.2, -0.15) is 0 Å². The van der Waals surface area contributed by atoms with Crippen molar-refractivity contribution in [3.63, 3.8) is 0 Å². The normalized spacial score (nSPS) is 17.3. The highest BCUT2D eigenvalue weighted by molar-refractivity contribution is 7.22. The van der Waals surface area contributed by atoms with Crippen molar-refractivity contribution in [2.24, 2.45) is 0 Å². The van der Waals surface area contributed by atoms with E-state index < -0.39 is 0 Å². The molecule has 0 spiro atoms. The van der Waals surface area contributed by atoms with Gasteiger partial charge in [0, 0.05) is 12.6 Å². The lowest BCUT2D eigenvalue weighted by molar-refractivity contribution is 0.206. The molecule has 24 heavy (non-hydrogen) atoms. The smallest absolute Gasteiger partial charge is 0.321 e. The van der Waals surface area contributed by atoms with E-state index in [1.54, 1.807) is 0 Å². The predicted octanol–water partition coefficient (Wildman–Crippen LogP) is 4.54. The van der Waals surface area contributed by atoms with Crippen LogP contribution < -0.4 is 5.32 Å². The summed E-state index contributed by atoms with van der Waals surface area (Å²) >= 11 is 1.52. The third-order valence-electron chi connectivity index (χ3n) is 4.46. The van der Waals surface area contributed by atoms with E-state index in [1.165, 1.54) is 16.9 Å². The lowest BCUT2D eigenvalue weighted by Crippen LogP contribution is -2.39. The molecule has 0 bridgehead atoms. The van der Waals surface area contributed by atoms with Gasteiger partial charge in [-0.25, -0.2) is 9.78 Å². The average molecular weight is 337 g/mol. The van der Waals surface area contributed by atoms with Gasteiger partial charge in [0.25, 0.3) is 0 Å². The van der Waals surface area contributed by atoms with Crippen LogP contribution in [0.5, 0.6) is 0 Å². The summed E-state index contributed by atoms with van der Waals surface area (Å²) in [6, 6.07) is 18.6. The number of likely N-dealkylation sites (tertiary alicyclic amines) is 1. The number of carbonyl (C=O) groups is 1. The third kappa shape index (κ3) is 3.12. The van der Waals surface area contributed by atoms with Crippen molar-refractivity contribution in [2.75, 3.05) is 11.9 Å². The summed E-state index contributed by atoms with van der Waals surface area (Å²) in [6.45, 7) is 0.814. The quantitative estimate of drug-likeness (QED) is 0.763. The molecular weight excluding hydrogens is 318 g/mol. The Balaban J connectivity index is 1.46. The number of anilines is 1. The van der Waals surface area contributed by atoms with E-state index in [0.29, 0.717) is 5.13 Å². The van der Waals surface area contributed by atoms with Gasteiger partial charge in [-0.15, -0.1) is 0 Å². The molecule has 1 saturated heterocycles. The number of hydrogen-bond donors (Lipinski definition) is 1. The highest BCUT2D eigenvalue weighted by Crippen LogP contribution is 2.27. The molecule has 2 heterocycles. The SMILES string of the molecule is O=C(Nc1nc2ccccc2s1)N1CCC[C@H]1Cc1ccccc1. The molecule has 2 aromatic carbocycles. The standard InChI is InChI=1S/C19H19N3OS/c23-19(21-18-20-16-10-4-5-11-17(16)24-18)22-12-6-9-15(22)13-14-7-2-1-3-8-14/h1-5,7-8,10-11,15H,6,9,12-13H2,(H,20,21,23)/t15-/m0/s1. The number of nitrogens with one attached hydrogen (secondary N) is 1. The summed E-state index contributed by atoms with van der Waals surface area (Å²) < 4.78 is 1.09. The van der Waals surface area contributed by atoms with Crippen molar-refractivity contribution in [1.82, 2.24) is 9.88 Å². The van der Waals surface area contributed by atoms with Crippen LogP contribution in [0.2, 0.25) is 0 Å². The second kappa shape index (κ2) is 6.61. The lowest BCUT2D eigenvalue weighted by atomic mass is 10.0. The van der Waals surface area contributed by atoms with Gasteiger partial charge in [0.1, 0.15) is 0 Å². The summed E-state index contributed by atoms with van der Waals surface area (Å²) in [5.41, 5.74) is 2.21. The zero-order valence-corrected chi connectivity index (χ0v) is 14.1. The third-order valence-corrected chi connectivity index (χ3v) is 5.41. The Hall–Kier alpha value is -2.40. The molecule has 4 nitrogen and oxygen atoms in total. The van der Waals surface area contributed by atoms with Gasteiger partial charge >= 0.3 is 6.03 Å². The molecule has 2 amide bonds. The molecule has 0 unspecified atom stereocenters. The highest BCUT2D eigenvalue weighted by Gasteiger charge is 2.29. The number of aromatic nitrogens is 1. The average Bonchev–Trinajstić information content (AvgIpc) is 3.21.